The highest BCUT2D eigenvalue weighted by Gasteiger charge is 2.23. The van der Waals surface area contributed by atoms with Crippen molar-refractivity contribution < 1.29 is 48.0 Å². The predicted molar refractivity (Wildman–Crippen MR) is 169 cm³/mol. The lowest BCUT2D eigenvalue weighted by Gasteiger charge is -2.26. The van der Waals surface area contributed by atoms with Crippen LogP contribution < -0.4 is 18.9 Å². The average molecular weight is 650 g/mol. The molecule has 0 aliphatic carbocycles. The highest BCUT2D eigenvalue weighted by Crippen LogP contribution is 2.33. The first-order chi connectivity index (χ1) is 22.4. The van der Waals surface area contributed by atoms with Gasteiger partial charge in [-0.1, -0.05) is 6.08 Å². The summed E-state index contributed by atoms with van der Waals surface area (Å²) in [4.78, 5) is 64.2. The molecule has 0 atom stereocenters. The van der Waals surface area contributed by atoms with Gasteiger partial charge in [0.1, 0.15) is 0 Å². The smallest absolute Gasteiger partial charge is 0.303 e. The van der Waals surface area contributed by atoms with E-state index in [2.05, 4.69) is 13.8 Å². The van der Waals surface area contributed by atoms with E-state index in [9.17, 15) is 24.0 Å². The van der Waals surface area contributed by atoms with E-state index in [1.165, 1.54) is 16.8 Å². The molecule has 0 fully saturated rings. The Hall–Kier alpha value is -5.33. The number of carboxylic acid groups (broad SMARTS) is 1. The van der Waals surface area contributed by atoms with Crippen LogP contribution in [0.15, 0.2) is 60.4 Å². The molecule has 0 saturated heterocycles. The van der Waals surface area contributed by atoms with Crippen LogP contribution >= 0.6 is 0 Å². The van der Waals surface area contributed by atoms with Crippen LogP contribution in [0.5, 0.6) is 23.0 Å². The Morgan fingerprint density at radius 2 is 1.32 bits per heavy atom. The van der Waals surface area contributed by atoms with Gasteiger partial charge in [-0.15, -0.1) is 0 Å². The molecule has 0 bridgehead atoms. The normalized spacial score (nSPS) is 13.8. The molecule has 3 aliphatic rings. The lowest BCUT2D eigenvalue weighted by atomic mass is 10.1. The third-order valence-corrected chi connectivity index (χ3v) is 7.50. The Bertz CT molecular complexity index is 1580. The van der Waals surface area contributed by atoms with Gasteiger partial charge in [-0.25, -0.2) is 0 Å². The fourth-order valence-corrected chi connectivity index (χ4v) is 4.78. The van der Waals surface area contributed by atoms with Gasteiger partial charge < -0.3 is 38.8 Å². The van der Waals surface area contributed by atoms with Crippen molar-refractivity contribution in [1.29, 1.82) is 0 Å². The number of carbonyl (C=O) groups excluding carboxylic acids is 4. The number of carbonyl (C=O) groups is 5. The summed E-state index contributed by atoms with van der Waals surface area (Å²) in [6.07, 6.45) is 6.67. The minimum absolute atomic E-state index is 0.0151. The molecule has 1 N–H and O–H groups in total. The molecule has 47 heavy (non-hydrogen) atoms. The predicted octanol–water partition coefficient (Wildman–Crippen LogP) is 3.88. The molecule has 2 amide bonds. The first kappa shape index (κ1) is 34.5. The van der Waals surface area contributed by atoms with Gasteiger partial charge >= 0.3 is 5.97 Å². The van der Waals surface area contributed by atoms with Crippen molar-refractivity contribution in [2.75, 3.05) is 40.8 Å². The second-order valence-corrected chi connectivity index (χ2v) is 11.4. The highest BCUT2D eigenvalue weighted by atomic mass is 16.7. The van der Waals surface area contributed by atoms with Gasteiger partial charge in [0.05, 0.1) is 13.1 Å². The van der Waals surface area contributed by atoms with Gasteiger partial charge in [0.2, 0.25) is 19.5 Å². The molecule has 0 aromatic heterocycles. The third-order valence-electron chi connectivity index (χ3n) is 7.50. The van der Waals surface area contributed by atoms with Crippen molar-refractivity contribution in [1.82, 2.24) is 14.7 Å². The fraction of sp³-hybridized carbons (Fsp3) is 0.382. The Balaban J connectivity index is 0.000000215. The topological polar surface area (TPSA) is 152 Å². The number of allylic oxidation sites excluding steroid dienone is 1. The van der Waals surface area contributed by atoms with E-state index in [0.29, 0.717) is 46.1 Å². The average Bonchev–Trinajstić information content (AvgIpc) is 3.73. The maximum absolute atomic E-state index is 12.6. The number of aliphatic carboxylic acids is 1. The van der Waals surface area contributed by atoms with E-state index in [-0.39, 0.29) is 75.4 Å². The number of rotatable bonds is 12. The monoisotopic (exact) mass is 649 g/mol. The first-order valence-electron chi connectivity index (χ1n) is 15.1. The van der Waals surface area contributed by atoms with E-state index in [1.807, 2.05) is 23.4 Å². The van der Waals surface area contributed by atoms with E-state index < -0.39 is 5.97 Å². The Morgan fingerprint density at radius 1 is 0.787 bits per heavy atom. The van der Waals surface area contributed by atoms with Crippen LogP contribution in [0.25, 0.3) is 0 Å². The fourth-order valence-electron chi connectivity index (χ4n) is 4.78. The summed E-state index contributed by atoms with van der Waals surface area (Å²) in [6.45, 7) is 4.36. The van der Waals surface area contributed by atoms with Crippen molar-refractivity contribution >= 4 is 29.4 Å². The number of fused-ring (bicyclic) bond motifs is 2. The van der Waals surface area contributed by atoms with E-state index in [1.54, 1.807) is 43.4 Å². The molecule has 3 heterocycles. The maximum Gasteiger partial charge on any atom is 0.303 e. The molecule has 5 rings (SSSR count). The second-order valence-electron chi connectivity index (χ2n) is 11.4. The maximum atomic E-state index is 12.6. The molecule has 2 aromatic carbocycles. The molecule has 2 aromatic rings. The van der Waals surface area contributed by atoms with Gasteiger partial charge in [-0.3, -0.25) is 24.0 Å². The summed E-state index contributed by atoms with van der Waals surface area (Å²) in [5, 5.41) is 8.53. The zero-order valence-electron chi connectivity index (χ0n) is 26.9. The van der Waals surface area contributed by atoms with Crippen molar-refractivity contribution in [2.24, 2.45) is 0 Å². The Kier molecular flexibility index (Phi) is 11.6. The Labute approximate surface area is 272 Å². The number of likely N-dealkylation sites (N-methyl/N-ethyl adjacent to an activating group) is 2. The number of benzene rings is 2. The molecule has 0 radical (unpaired) electrons. The molecule has 0 saturated carbocycles. The van der Waals surface area contributed by atoms with Gasteiger partial charge in [-0.2, -0.15) is 0 Å². The number of nitrogens with zero attached hydrogens (tertiary/aromatic N) is 3. The van der Waals surface area contributed by atoms with Crippen LogP contribution in [0.3, 0.4) is 0 Å². The van der Waals surface area contributed by atoms with Crippen LogP contribution in [0.2, 0.25) is 0 Å². The van der Waals surface area contributed by atoms with Crippen LogP contribution in [0, 0.1) is 0 Å². The molecule has 250 valence electrons. The summed E-state index contributed by atoms with van der Waals surface area (Å²) in [5.74, 6) is 0.623. The first-order valence-corrected chi connectivity index (χ1v) is 15.1. The molecule has 13 nitrogen and oxygen atoms in total. The number of amides is 2. The standard InChI is InChI=1S/C19H22N2O4.C15H17NO6/c1-13(2)21-8-4-5-15(10-21)19(23)20(3)11-16(22)14-6-7-17-18(9-14)25-12-24-17;1-16(14(18)3-2-4-15(19)20)8-11(17)10-5-6-12-13(7-10)22-9-21-12/h4,6-10,13H,5,11-12H2,1-3H3;5-7H,2-4,8-9H2,1H3,(H,19,20). The van der Waals surface area contributed by atoms with Crippen LogP contribution in [-0.2, 0) is 14.4 Å². The van der Waals surface area contributed by atoms with Crippen molar-refractivity contribution in [2.45, 2.75) is 45.6 Å². The molecule has 0 spiro atoms. The summed E-state index contributed by atoms with van der Waals surface area (Å²) >= 11 is 0. The van der Waals surface area contributed by atoms with E-state index in [4.69, 9.17) is 24.1 Å². The summed E-state index contributed by atoms with van der Waals surface area (Å²) in [6, 6.07) is 10.2. The zero-order chi connectivity index (χ0) is 34.1. The summed E-state index contributed by atoms with van der Waals surface area (Å²) in [5.41, 5.74) is 1.62. The number of Topliss-reactive ketones (excluding diaryl/α,β-unsaturated/α-hetero) is 2. The third kappa shape index (κ3) is 9.35. The van der Waals surface area contributed by atoms with Crippen molar-refractivity contribution in [3.8, 4) is 23.0 Å². The SMILES string of the molecule is CC(C)N1C=CCC(C(=O)N(C)CC(=O)c2ccc3c(c2)OCO3)=C1.CN(CC(=O)c1ccc2c(c1)OCO2)C(=O)CCCC(=O)O. The number of ether oxygens (including phenoxy) is 4. The molecule has 13 heteroatoms. The van der Waals surface area contributed by atoms with Gasteiger partial charge in [0.25, 0.3) is 5.91 Å². The minimum Gasteiger partial charge on any atom is -0.481 e. The molecule has 0 unspecified atom stereocenters. The number of ketones is 2. The Morgan fingerprint density at radius 3 is 1.85 bits per heavy atom. The van der Waals surface area contributed by atoms with E-state index in [0.717, 1.165) is 0 Å². The number of hydrogen-bond donors (Lipinski definition) is 1. The molecular formula is C34H39N3O10. The van der Waals surface area contributed by atoms with Gasteiger partial charge in [0.15, 0.2) is 34.6 Å². The minimum atomic E-state index is -0.938. The summed E-state index contributed by atoms with van der Waals surface area (Å²) in [7, 11) is 3.17. The van der Waals surface area contributed by atoms with Gasteiger partial charge in [0, 0.05) is 62.1 Å². The van der Waals surface area contributed by atoms with Crippen LogP contribution in [0.1, 0.15) is 60.2 Å². The number of hydrogen-bond acceptors (Lipinski definition) is 10. The summed E-state index contributed by atoms with van der Waals surface area (Å²) < 4.78 is 20.9. The van der Waals surface area contributed by atoms with E-state index >= 15 is 0 Å². The molecular weight excluding hydrogens is 610 g/mol. The van der Waals surface area contributed by atoms with Crippen molar-refractivity contribution in [3.05, 3.63) is 71.6 Å². The van der Waals surface area contributed by atoms with Crippen LogP contribution in [0.4, 0.5) is 0 Å². The van der Waals surface area contributed by atoms with Crippen LogP contribution in [-0.4, -0.2) is 96.0 Å². The number of carboxylic acids is 1. The quantitative estimate of drug-likeness (QED) is 0.334. The largest absolute Gasteiger partial charge is 0.481 e. The second kappa shape index (κ2) is 15.8. The van der Waals surface area contributed by atoms with Crippen molar-refractivity contribution in [3.63, 3.8) is 0 Å². The molecule has 3 aliphatic heterocycles. The highest BCUT2D eigenvalue weighted by molar-refractivity contribution is 6.02. The lowest BCUT2D eigenvalue weighted by Crippen LogP contribution is -2.34. The van der Waals surface area contributed by atoms with Gasteiger partial charge in [-0.05, 0) is 63.1 Å². The zero-order valence-corrected chi connectivity index (χ0v) is 26.9. The lowest BCUT2D eigenvalue weighted by molar-refractivity contribution is -0.137.